The van der Waals surface area contributed by atoms with Gasteiger partial charge >= 0.3 is 0 Å². The molecule has 2 nitrogen and oxygen atoms in total. The van der Waals surface area contributed by atoms with Crippen LogP contribution in [-0.2, 0) is 0 Å². The molecule has 1 aromatic rings. The van der Waals surface area contributed by atoms with Gasteiger partial charge in [-0.3, -0.25) is 4.98 Å². The van der Waals surface area contributed by atoms with Gasteiger partial charge in [0.25, 0.3) is 0 Å². The highest BCUT2D eigenvalue weighted by Gasteiger charge is 2.13. The van der Waals surface area contributed by atoms with Gasteiger partial charge in [0.1, 0.15) is 0 Å². The summed E-state index contributed by atoms with van der Waals surface area (Å²) in [5.41, 5.74) is 4.19. The van der Waals surface area contributed by atoms with Crippen molar-refractivity contribution in [2.45, 2.75) is 58.3 Å². The smallest absolute Gasteiger partial charge is 0.0576 e. The molecule has 1 aromatic heterocycles. The van der Waals surface area contributed by atoms with Crippen LogP contribution in [0.1, 0.15) is 69.5 Å². The molecule has 2 heteroatoms. The minimum atomic E-state index is 0.470. The van der Waals surface area contributed by atoms with Gasteiger partial charge in [-0.15, -0.1) is 0 Å². The normalized spacial score (nSPS) is 17.1. The molecule has 0 radical (unpaired) electrons. The van der Waals surface area contributed by atoms with Crippen molar-refractivity contribution in [3.8, 4) is 0 Å². The van der Waals surface area contributed by atoms with E-state index < -0.39 is 0 Å². The van der Waals surface area contributed by atoms with Crippen LogP contribution in [0.2, 0.25) is 0 Å². The summed E-state index contributed by atoms with van der Waals surface area (Å²) in [5, 5.41) is 3.25. The van der Waals surface area contributed by atoms with Crippen LogP contribution in [0.15, 0.2) is 43.3 Å². The first-order valence-electron chi connectivity index (χ1n) is 8.90. The predicted octanol–water partition coefficient (Wildman–Crippen LogP) is 6.30. The van der Waals surface area contributed by atoms with Gasteiger partial charge in [-0.05, 0) is 48.8 Å². The maximum Gasteiger partial charge on any atom is 0.0576 e. The van der Waals surface area contributed by atoms with E-state index in [4.69, 9.17) is 4.98 Å². The molecule has 0 amide bonds. The fraction of sp³-hybridized carbons (Fsp3) is 0.476. The maximum absolute atomic E-state index is 4.71. The molecule has 23 heavy (non-hydrogen) atoms. The Bertz CT molecular complexity index is 565. The van der Waals surface area contributed by atoms with Crippen LogP contribution in [0, 0.1) is 5.92 Å². The Morgan fingerprint density at radius 2 is 2.13 bits per heavy atom. The molecule has 1 atom stereocenters. The highest BCUT2D eigenvalue weighted by Crippen LogP contribution is 2.28. The SMILES string of the molecule is C=CC(=C)Nc1cnc(C(C)CC)c(/C=C/C2CCCCC2)c1. The molecule has 1 unspecified atom stereocenters. The zero-order valence-electron chi connectivity index (χ0n) is 14.6. The highest BCUT2D eigenvalue weighted by atomic mass is 14.9. The Hall–Kier alpha value is -1.83. The van der Waals surface area contributed by atoms with Crippen LogP contribution >= 0.6 is 0 Å². The third kappa shape index (κ3) is 5.09. The number of hydrogen-bond acceptors (Lipinski definition) is 2. The van der Waals surface area contributed by atoms with E-state index in [2.05, 4.69) is 50.5 Å². The van der Waals surface area contributed by atoms with Crippen LogP contribution in [0.3, 0.4) is 0 Å². The van der Waals surface area contributed by atoms with Crippen LogP contribution in [-0.4, -0.2) is 4.98 Å². The van der Waals surface area contributed by atoms with Gasteiger partial charge in [0.2, 0.25) is 0 Å². The minimum Gasteiger partial charge on any atom is -0.355 e. The van der Waals surface area contributed by atoms with E-state index >= 15 is 0 Å². The molecule has 1 heterocycles. The van der Waals surface area contributed by atoms with Crippen LogP contribution in [0.25, 0.3) is 6.08 Å². The summed E-state index contributed by atoms with van der Waals surface area (Å²) in [6.07, 6.45) is 16.2. The van der Waals surface area contributed by atoms with Gasteiger partial charge in [-0.1, -0.05) is 58.4 Å². The Morgan fingerprint density at radius 1 is 1.39 bits per heavy atom. The Morgan fingerprint density at radius 3 is 2.78 bits per heavy atom. The molecule has 1 N–H and O–H groups in total. The molecule has 0 aliphatic heterocycles. The molecular weight excluding hydrogens is 280 g/mol. The number of rotatable bonds is 7. The lowest BCUT2D eigenvalue weighted by Gasteiger charge is -2.18. The van der Waals surface area contributed by atoms with Crippen molar-refractivity contribution in [2.75, 3.05) is 5.32 Å². The van der Waals surface area contributed by atoms with E-state index in [1.807, 2.05) is 6.20 Å². The number of allylic oxidation sites excluding steroid dienone is 2. The maximum atomic E-state index is 4.71. The lowest BCUT2D eigenvalue weighted by molar-refractivity contribution is 0.420. The standard InChI is InChI=1S/C21H30N2/c1-5-16(3)21-19(13-12-18-10-8-7-9-11-18)14-20(15-22-21)23-17(4)6-2/h6,12-16,18,23H,2,4-5,7-11H2,1,3H3/b13-12+. The third-order valence-corrected chi connectivity index (χ3v) is 4.78. The van der Waals surface area contributed by atoms with Gasteiger partial charge in [0, 0.05) is 5.70 Å². The predicted molar refractivity (Wildman–Crippen MR) is 102 cm³/mol. The van der Waals surface area contributed by atoms with Gasteiger partial charge < -0.3 is 5.32 Å². The van der Waals surface area contributed by atoms with Crippen molar-refractivity contribution in [1.29, 1.82) is 0 Å². The van der Waals surface area contributed by atoms with Crippen molar-refractivity contribution in [2.24, 2.45) is 5.92 Å². The molecule has 0 saturated heterocycles. The Balaban J connectivity index is 2.23. The van der Waals surface area contributed by atoms with E-state index in [9.17, 15) is 0 Å². The van der Waals surface area contributed by atoms with Crippen LogP contribution < -0.4 is 5.32 Å². The molecular formula is C21H30N2. The second-order valence-electron chi connectivity index (χ2n) is 6.62. The van der Waals surface area contributed by atoms with Gasteiger partial charge in [0.05, 0.1) is 17.6 Å². The fourth-order valence-corrected chi connectivity index (χ4v) is 3.10. The summed E-state index contributed by atoms with van der Waals surface area (Å²) < 4.78 is 0. The van der Waals surface area contributed by atoms with Crippen LogP contribution in [0.5, 0.6) is 0 Å². The first-order valence-corrected chi connectivity index (χ1v) is 8.90. The topological polar surface area (TPSA) is 24.9 Å². The lowest BCUT2D eigenvalue weighted by atomic mass is 9.88. The summed E-state index contributed by atoms with van der Waals surface area (Å²) in [5.74, 6) is 1.20. The van der Waals surface area contributed by atoms with E-state index in [1.54, 1.807) is 6.08 Å². The zero-order valence-corrected chi connectivity index (χ0v) is 14.6. The average molecular weight is 310 g/mol. The molecule has 0 aromatic carbocycles. The second-order valence-corrected chi connectivity index (χ2v) is 6.62. The highest BCUT2D eigenvalue weighted by molar-refractivity contribution is 5.61. The fourth-order valence-electron chi connectivity index (χ4n) is 3.10. The number of nitrogens with one attached hydrogen (secondary N) is 1. The van der Waals surface area contributed by atoms with Crippen molar-refractivity contribution < 1.29 is 0 Å². The largest absolute Gasteiger partial charge is 0.355 e. The summed E-state index contributed by atoms with van der Waals surface area (Å²) in [4.78, 5) is 4.71. The van der Waals surface area contributed by atoms with Crippen molar-refractivity contribution >= 4 is 11.8 Å². The molecule has 0 bridgehead atoms. The van der Waals surface area contributed by atoms with Gasteiger partial charge in [0.15, 0.2) is 0 Å². The first kappa shape index (κ1) is 17.5. The molecule has 1 aliphatic rings. The van der Waals surface area contributed by atoms with E-state index in [-0.39, 0.29) is 0 Å². The average Bonchev–Trinajstić information content (AvgIpc) is 2.60. The molecule has 124 valence electrons. The van der Waals surface area contributed by atoms with E-state index in [0.29, 0.717) is 5.92 Å². The van der Waals surface area contributed by atoms with E-state index in [0.717, 1.165) is 23.7 Å². The monoisotopic (exact) mass is 310 g/mol. The Labute approximate surface area is 141 Å². The van der Waals surface area contributed by atoms with Crippen LogP contribution in [0.4, 0.5) is 5.69 Å². The second kappa shape index (κ2) is 8.71. The number of hydrogen-bond donors (Lipinski definition) is 1. The van der Waals surface area contributed by atoms with Gasteiger partial charge in [-0.25, -0.2) is 0 Å². The Kier molecular flexibility index (Phi) is 6.64. The minimum absolute atomic E-state index is 0.470. The van der Waals surface area contributed by atoms with Gasteiger partial charge in [-0.2, -0.15) is 0 Å². The summed E-state index contributed by atoms with van der Waals surface area (Å²) >= 11 is 0. The molecule has 1 aliphatic carbocycles. The summed E-state index contributed by atoms with van der Waals surface area (Å²) in [6.45, 7) is 12.1. The van der Waals surface area contributed by atoms with Crippen molar-refractivity contribution in [1.82, 2.24) is 4.98 Å². The van der Waals surface area contributed by atoms with Crippen molar-refractivity contribution in [3.63, 3.8) is 0 Å². The zero-order chi connectivity index (χ0) is 16.7. The third-order valence-electron chi connectivity index (χ3n) is 4.78. The number of aromatic nitrogens is 1. The molecule has 1 fully saturated rings. The first-order chi connectivity index (χ1) is 11.1. The molecule has 2 rings (SSSR count). The molecule has 1 saturated carbocycles. The van der Waals surface area contributed by atoms with Crippen molar-refractivity contribution in [3.05, 3.63) is 54.5 Å². The van der Waals surface area contributed by atoms with E-state index in [1.165, 1.54) is 43.4 Å². The molecule has 0 spiro atoms. The number of pyridine rings is 1. The lowest BCUT2D eigenvalue weighted by Crippen LogP contribution is -2.04. The summed E-state index contributed by atoms with van der Waals surface area (Å²) in [7, 11) is 0. The summed E-state index contributed by atoms with van der Waals surface area (Å²) in [6, 6.07) is 2.18. The number of anilines is 1. The number of nitrogens with zero attached hydrogens (tertiary/aromatic N) is 1. The quantitative estimate of drug-likeness (QED) is 0.598.